The molecule has 1 aliphatic rings. The van der Waals surface area contributed by atoms with E-state index in [1.165, 1.54) is 13.8 Å². The molecule has 4 atom stereocenters. The Balaban J connectivity index is 2.78. The molecule has 0 aromatic rings. The van der Waals surface area contributed by atoms with Gasteiger partial charge < -0.3 is 10.6 Å². The summed E-state index contributed by atoms with van der Waals surface area (Å²) in [6.45, 7) is 1.32. The first-order valence-electron chi connectivity index (χ1n) is 4.81. The summed E-state index contributed by atoms with van der Waals surface area (Å²) in [6, 6.07) is -2.40. The van der Waals surface area contributed by atoms with E-state index in [0.717, 1.165) is 0 Å². The van der Waals surface area contributed by atoms with Crippen LogP contribution in [-0.2, 0) is 0 Å². The van der Waals surface area contributed by atoms with E-state index in [9.17, 15) is 0 Å². The standard InChI is InChI=1S/C6H14N2/c1-5-3-7-4-6(2)8-5/h5-8H,3-4H2,1-2H3/i3D,4D,5D,6D. The maximum atomic E-state index is 7.61. The van der Waals surface area contributed by atoms with E-state index in [-0.39, 0.29) is 0 Å². The molecule has 1 heterocycles. The van der Waals surface area contributed by atoms with E-state index in [0.29, 0.717) is 0 Å². The van der Waals surface area contributed by atoms with E-state index in [4.69, 9.17) is 5.48 Å². The molecule has 48 valence electrons. The summed E-state index contributed by atoms with van der Waals surface area (Å²) in [5.74, 6) is 0. The first-order valence-corrected chi connectivity index (χ1v) is 2.65. The lowest BCUT2D eigenvalue weighted by Crippen LogP contribution is -2.52. The summed E-state index contributed by atoms with van der Waals surface area (Å²) in [4.78, 5) is 0. The Morgan fingerprint density at radius 1 is 1.50 bits per heavy atom. The van der Waals surface area contributed by atoms with Gasteiger partial charge in [0.15, 0.2) is 0 Å². The van der Waals surface area contributed by atoms with Crippen LogP contribution in [0.1, 0.15) is 19.3 Å². The van der Waals surface area contributed by atoms with Gasteiger partial charge in [-0.15, -0.1) is 0 Å². The normalized spacial score (nSPS) is 83.8. The van der Waals surface area contributed by atoms with Crippen molar-refractivity contribution in [3.05, 3.63) is 0 Å². The molecule has 0 aliphatic carbocycles. The third-order valence-electron chi connectivity index (χ3n) is 0.994. The van der Waals surface area contributed by atoms with Gasteiger partial charge in [-0.2, -0.15) is 0 Å². The van der Waals surface area contributed by atoms with E-state index in [2.05, 4.69) is 10.6 Å². The molecule has 4 unspecified atom stereocenters. The Morgan fingerprint density at radius 2 is 2.00 bits per heavy atom. The molecule has 0 aromatic heterocycles. The molecule has 1 saturated heterocycles. The maximum Gasteiger partial charge on any atom is 0.0475 e. The van der Waals surface area contributed by atoms with Crippen molar-refractivity contribution in [2.75, 3.05) is 13.0 Å². The lowest BCUT2D eigenvalue weighted by molar-refractivity contribution is 0.370. The van der Waals surface area contributed by atoms with Gasteiger partial charge in [0.2, 0.25) is 0 Å². The summed E-state index contributed by atoms with van der Waals surface area (Å²) in [5, 5.41) is 5.18. The highest BCUT2D eigenvalue weighted by Crippen LogP contribution is 1.90. The molecule has 2 nitrogen and oxygen atoms in total. The van der Waals surface area contributed by atoms with Crippen LogP contribution >= 0.6 is 0 Å². The Kier molecular flexibility index (Phi) is 0.822. The fourth-order valence-electron chi connectivity index (χ4n) is 0.675. The highest BCUT2D eigenvalue weighted by Gasteiger charge is 2.11. The smallest absolute Gasteiger partial charge is 0.0475 e. The monoisotopic (exact) mass is 118 g/mol. The highest BCUT2D eigenvalue weighted by atomic mass is 15.1. The summed E-state index contributed by atoms with van der Waals surface area (Å²) >= 11 is 0. The molecular weight excluding hydrogens is 100 g/mol. The maximum absolute atomic E-state index is 7.61. The van der Waals surface area contributed by atoms with Gasteiger partial charge in [0.1, 0.15) is 0 Å². The fourth-order valence-corrected chi connectivity index (χ4v) is 0.675. The van der Waals surface area contributed by atoms with Crippen molar-refractivity contribution in [2.45, 2.75) is 25.9 Å². The summed E-state index contributed by atoms with van der Waals surface area (Å²) < 4.78 is 30.1. The van der Waals surface area contributed by atoms with Crippen LogP contribution in [-0.4, -0.2) is 25.1 Å². The van der Waals surface area contributed by atoms with E-state index >= 15 is 0 Å². The van der Waals surface area contributed by atoms with E-state index < -0.39 is 25.1 Å². The highest BCUT2D eigenvalue weighted by molar-refractivity contribution is 4.76. The van der Waals surface area contributed by atoms with Crippen LogP contribution < -0.4 is 10.6 Å². The third kappa shape index (κ3) is 1.46. The van der Waals surface area contributed by atoms with Crippen LogP contribution in [0, 0.1) is 0 Å². The summed E-state index contributed by atoms with van der Waals surface area (Å²) in [5.41, 5.74) is 0. The van der Waals surface area contributed by atoms with Gasteiger partial charge in [-0.25, -0.2) is 0 Å². The van der Waals surface area contributed by atoms with Crippen LogP contribution in [0.25, 0.3) is 0 Å². The van der Waals surface area contributed by atoms with Gasteiger partial charge in [0.05, 0.1) is 0 Å². The van der Waals surface area contributed by atoms with Crippen LogP contribution in [0.4, 0.5) is 0 Å². The zero-order valence-electron chi connectivity index (χ0n) is 9.15. The van der Waals surface area contributed by atoms with Crippen LogP contribution in [0.5, 0.6) is 0 Å². The average molecular weight is 118 g/mol. The molecule has 1 aliphatic heterocycles. The number of hydrogen-bond donors (Lipinski definition) is 2. The molecule has 2 N–H and O–H groups in total. The van der Waals surface area contributed by atoms with Crippen molar-refractivity contribution >= 4 is 0 Å². The molecule has 0 radical (unpaired) electrons. The van der Waals surface area contributed by atoms with Crippen molar-refractivity contribution in [1.29, 1.82) is 0 Å². The van der Waals surface area contributed by atoms with Crippen molar-refractivity contribution in [3.8, 4) is 0 Å². The van der Waals surface area contributed by atoms with Gasteiger partial charge in [-0.1, -0.05) is 0 Å². The summed E-state index contributed by atoms with van der Waals surface area (Å²) in [6.07, 6.45) is 0. The molecule has 1 rings (SSSR count). The number of nitrogens with one attached hydrogen (secondary N) is 2. The van der Waals surface area contributed by atoms with Gasteiger partial charge in [-0.05, 0) is 13.8 Å². The second-order valence-electron chi connectivity index (χ2n) is 1.95. The Hall–Kier alpha value is -0.0800. The largest absolute Gasteiger partial charge is 0.314 e. The molecule has 0 bridgehead atoms. The molecule has 0 aromatic carbocycles. The first-order chi connectivity index (χ1) is 5.26. The second-order valence-corrected chi connectivity index (χ2v) is 1.95. The SMILES string of the molecule is [2H]C1NC([2H])C([2H])(C)NC1([2H])C. The predicted octanol–water partition coefficient (Wildman–Crippen LogP) is -0.0438. The average Bonchev–Trinajstić information content (AvgIpc) is 1.82. The van der Waals surface area contributed by atoms with Crippen molar-refractivity contribution in [2.24, 2.45) is 0 Å². The minimum absolute atomic E-state index is 0.863. The second kappa shape index (κ2) is 2.46. The van der Waals surface area contributed by atoms with Gasteiger partial charge in [0, 0.05) is 30.6 Å². The third-order valence-corrected chi connectivity index (χ3v) is 0.994. The summed E-state index contributed by atoms with van der Waals surface area (Å²) in [7, 11) is 0. The molecule has 8 heavy (non-hydrogen) atoms. The van der Waals surface area contributed by atoms with Gasteiger partial charge in [-0.3, -0.25) is 0 Å². The van der Waals surface area contributed by atoms with E-state index in [1.54, 1.807) is 0 Å². The molecule has 0 saturated carbocycles. The van der Waals surface area contributed by atoms with Gasteiger partial charge >= 0.3 is 0 Å². The Labute approximate surface area is 56.3 Å². The zero-order chi connectivity index (χ0) is 9.57. The minimum atomic E-state index is -1.20. The fraction of sp³-hybridized carbons (Fsp3) is 1.00. The van der Waals surface area contributed by atoms with Crippen LogP contribution in [0.3, 0.4) is 0 Å². The number of rotatable bonds is 0. The van der Waals surface area contributed by atoms with Crippen molar-refractivity contribution < 1.29 is 5.48 Å². The Morgan fingerprint density at radius 3 is 2.38 bits per heavy atom. The molecule has 2 heteroatoms. The first kappa shape index (κ1) is 2.67. The van der Waals surface area contributed by atoms with Gasteiger partial charge in [0.25, 0.3) is 0 Å². The minimum Gasteiger partial charge on any atom is -0.314 e. The predicted molar refractivity (Wildman–Crippen MR) is 34.9 cm³/mol. The zero-order valence-corrected chi connectivity index (χ0v) is 5.15. The Bertz CT molecular complexity index is 164. The van der Waals surface area contributed by atoms with Crippen molar-refractivity contribution in [3.63, 3.8) is 0 Å². The lowest BCUT2D eigenvalue weighted by Gasteiger charge is -2.26. The quantitative estimate of drug-likeness (QED) is 0.466. The number of hydrogen-bond acceptors (Lipinski definition) is 2. The lowest BCUT2D eigenvalue weighted by atomic mass is 10.2. The van der Waals surface area contributed by atoms with Crippen LogP contribution in [0.15, 0.2) is 0 Å². The van der Waals surface area contributed by atoms with Crippen molar-refractivity contribution in [1.82, 2.24) is 10.6 Å². The topological polar surface area (TPSA) is 24.1 Å². The molecular formula is C6H14N2. The van der Waals surface area contributed by atoms with Crippen LogP contribution in [0.2, 0.25) is 0 Å². The molecule has 0 spiro atoms. The number of piperazine rings is 1. The molecule has 0 amide bonds. The molecule has 1 fully saturated rings. The van der Waals surface area contributed by atoms with E-state index in [1.807, 2.05) is 0 Å².